The van der Waals surface area contributed by atoms with Crippen molar-refractivity contribution in [2.24, 2.45) is 17.8 Å². The number of nitrogens with zero attached hydrogens (tertiary/aromatic N) is 5. The number of fused-ring (bicyclic) bond motifs is 1. The highest BCUT2D eigenvalue weighted by Crippen LogP contribution is 2.29. The SMILES string of the molecule is CC(=O)N1CCC(=N[C@H]2CCOC2)C(=C(N)c2cccc3nc(-c4cnn(C)c4)ccc23)C1. The number of ether oxygens (including phenoxy) is 1. The number of pyridine rings is 1. The second-order valence-electron chi connectivity index (χ2n) is 8.65. The Hall–Kier alpha value is -3.52. The van der Waals surface area contributed by atoms with Crippen LogP contribution in [0.15, 0.2) is 53.3 Å². The number of aliphatic imine (C=N–C) groups is 1. The molecule has 1 amide bonds. The van der Waals surface area contributed by atoms with Crippen molar-refractivity contribution in [3.8, 4) is 11.3 Å². The first kappa shape index (κ1) is 21.3. The molecule has 2 aromatic heterocycles. The molecular weight excluding hydrogens is 416 g/mol. The van der Waals surface area contributed by atoms with Crippen LogP contribution >= 0.6 is 0 Å². The van der Waals surface area contributed by atoms with Gasteiger partial charge in [0.1, 0.15) is 0 Å². The van der Waals surface area contributed by atoms with Gasteiger partial charge >= 0.3 is 0 Å². The molecule has 1 atom stereocenters. The van der Waals surface area contributed by atoms with E-state index < -0.39 is 0 Å². The van der Waals surface area contributed by atoms with Gasteiger partial charge in [0.15, 0.2) is 0 Å². The van der Waals surface area contributed by atoms with Gasteiger partial charge in [0.05, 0.1) is 30.1 Å². The maximum atomic E-state index is 12.1. The van der Waals surface area contributed by atoms with Crippen LogP contribution in [0.1, 0.15) is 25.3 Å². The third kappa shape index (κ3) is 4.26. The van der Waals surface area contributed by atoms with Gasteiger partial charge in [-0.2, -0.15) is 5.10 Å². The molecule has 2 fully saturated rings. The summed E-state index contributed by atoms with van der Waals surface area (Å²) >= 11 is 0. The number of amides is 1. The van der Waals surface area contributed by atoms with Crippen molar-refractivity contribution in [3.63, 3.8) is 0 Å². The Labute approximate surface area is 192 Å². The quantitative estimate of drug-likeness (QED) is 0.670. The summed E-state index contributed by atoms with van der Waals surface area (Å²) in [5.74, 6) is 0.0456. The Morgan fingerprint density at radius 3 is 2.88 bits per heavy atom. The van der Waals surface area contributed by atoms with Crippen LogP contribution in [0, 0.1) is 0 Å². The molecule has 170 valence electrons. The molecule has 2 aliphatic heterocycles. The molecule has 8 nitrogen and oxygen atoms in total. The summed E-state index contributed by atoms with van der Waals surface area (Å²) in [7, 11) is 1.89. The van der Waals surface area contributed by atoms with Crippen molar-refractivity contribution in [2.75, 3.05) is 26.3 Å². The maximum absolute atomic E-state index is 12.1. The zero-order valence-electron chi connectivity index (χ0n) is 19.0. The Kier molecular flexibility index (Phi) is 5.68. The zero-order chi connectivity index (χ0) is 22.9. The van der Waals surface area contributed by atoms with Gasteiger partial charge in [-0.05, 0) is 24.6 Å². The first-order valence-corrected chi connectivity index (χ1v) is 11.3. The summed E-state index contributed by atoms with van der Waals surface area (Å²) in [5, 5.41) is 5.22. The van der Waals surface area contributed by atoms with Crippen LogP contribution < -0.4 is 5.73 Å². The fourth-order valence-electron chi connectivity index (χ4n) is 4.52. The van der Waals surface area contributed by atoms with Crippen LogP contribution in [-0.2, 0) is 16.6 Å². The first-order chi connectivity index (χ1) is 16.0. The summed E-state index contributed by atoms with van der Waals surface area (Å²) in [6.07, 6.45) is 5.37. The molecule has 0 bridgehead atoms. The molecule has 0 radical (unpaired) electrons. The fourth-order valence-corrected chi connectivity index (χ4v) is 4.52. The molecule has 0 spiro atoms. The highest BCUT2D eigenvalue weighted by atomic mass is 16.5. The molecular formula is C25H28N6O2. The largest absolute Gasteiger partial charge is 0.398 e. The van der Waals surface area contributed by atoms with Gasteiger partial charge in [0.25, 0.3) is 0 Å². The monoisotopic (exact) mass is 444 g/mol. The summed E-state index contributed by atoms with van der Waals surface area (Å²) in [5.41, 5.74) is 13.0. The standard InChI is InChI=1S/C25H28N6O2/c1-16(32)31-10-8-24(28-18-9-11-33-15-18)21(14-31)25(26)20-4-3-5-23-19(20)6-7-22(29-23)17-12-27-30(2)13-17/h3-7,12-13,18H,8-11,14-15,26H2,1-2H3/t18-/m0/s1. The molecule has 2 aliphatic rings. The number of benzene rings is 1. The Balaban J connectivity index is 1.59. The number of nitrogens with two attached hydrogens (primary N) is 1. The normalized spacial score (nSPS) is 21.7. The number of carbonyl (C=O) groups is 1. The molecule has 2 N–H and O–H groups in total. The number of carbonyl (C=O) groups excluding carboxylic acids is 1. The first-order valence-electron chi connectivity index (χ1n) is 11.3. The number of aromatic nitrogens is 3. The Bertz CT molecular complexity index is 1270. The van der Waals surface area contributed by atoms with Crippen molar-refractivity contribution in [3.05, 3.63) is 53.9 Å². The number of aryl methyl sites for hydroxylation is 1. The van der Waals surface area contributed by atoms with E-state index in [9.17, 15) is 4.79 Å². The van der Waals surface area contributed by atoms with Gasteiger partial charge in [-0.15, -0.1) is 0 Å². The average Bonchev–Trinajstić information content (AvgIpc) is 3.49. The van der Waals surface area contributed by atoms with Crippen LogP contribution in [0.2, 0.25) is 0 Å². The van der Waals surface area contributed by atoms with Gasteiger partial charge in [-0.25, -0.2) is 4.98 Å². The molecule has 5 rings (SSSR count). The minimum absolute atomic E-state index is 0.0456. The second-order valence-corrected chi connectivity index (χ2v) is 8.65. The number of piperidine rings is 1. The van der Waals surface area contributed by atoms with E-state index in [0.717, 1.165) is 52.0 Å². The van der Waals surface area contributed by atoms with Gasteiger partial charge in [-0.1, -0.05) is 12.1 Å². The lowest BCUT2D eigenvalue weighted by molar-refractivity contribution is -0.128. The van der Waals surface area contributed by atoms with Crippen LogP contribution in [0.25, 0.3) is 27.9 Å². The van der Waals surface area contributed by atoms with Gasteiger partial charge in [-0.3, -0.25) is 14.5 Å². The van der Waals surface area contributed by atoms with Gasteiger partial charge < -0.3 is 15.4 Å². The molecule has 3 aromatic rings. The highest BCUT2D eigenvalue weighted by molar-refractivity contribution is 6.09. The number of hydrogen-bond donors (Lipinski definition) is 1. The molecule has 33 heavy (non-hydrogen) atoms. The second kappa shape index (κ2) is 8.78. The van der Waals surface area contributed by atoms with Crippen molar-refractivity contribution in [1.82, 2.24) is 19.7 Å². The molecule has 0 aliphatic carbocycles. The number of likely N-dealkylation sites (tertiary alicyclic amines) is 1. The van der Waals surface area contributed by atoms with E-state index in [1.54, 1.807) is 11.6 Å². The van der Waals surface area contributed by atoms with Gasteiger partial charge in [0.2, 0.25) is 5.91 Å². The van der Waals surface area contributed by atoms with Crippen LogP contribution in [0.4, 0.5) is 0 Å². The smallest absolute Gasteiger partial charge is 0.219 e. The van der Waals surface area contributed by atoms with Crippen LogP contribution in [0.5, 0.6) is 0 Å². The minimum atomic E-state index is 0.0456. The molecule has 8 heteroatoms. The van der Waals surface area contributed by atoms with Crippen molar-refractivity contribution in [2.45, 2.75) is 25.8 Å². The zero-order valence-corrected chi connectivity index (χ0v) is 19.0. The van der Waals surface area contributed by atoms with Gasteiger partial charge in [0, 0.05) is 79.8 Å². The van der Waals surface area contributed by atoms with Crippen LogP contribution in [0.3, 0.4) is 0 Å². The number of hydrogen-bond acceptors (Lipinski definition) is 6. The molecule has 4 heterocycles. The third-order valence-corrected chi connectivity index (χ3v) is 6.35. The lowest BCUT2D eigenvalue weighted by Crippen LogP contribution is -2.40. The van der Waals surface area contributed by atoms with E-state index in [2.05, 4.69) is 11.2 Å². The Morgan fingerprint density at radius 2 is 2.15 bits per heavy atom. The third-order valence-electron chi connectivity index (χ3n) is 6.35. The lowest BCUT2D eigenvalue weighted by Gasteiger charge is -2.31. The van der Waals surface area contributed by atoms with E-state index in [-0.39, 0.29) is 11.9 Å². The summed E-state index contributed by atoms with van der Waals surface area (Å²) in [4.78, 5) is 23.8. The predicted octanol–water partition coefficient (Wildman–Crippen LogP) is 2.79. The molecule has 2 saturated heterocycles. The maximum Gasteiger partial charge on any atom is 0.219 e. The summed E-state index contributed by atoms with van der Waals surface area (Å²) < 4.78 is 7.28. The van der Waals surface area contributed by atoms with E-state index in [4.69, 9.17) is 20.4 Å². The van der Waals surface area contributed by atoms with Crippen molar-refractivity contribution < 1.29 is 9.53 Å². The average molecular weight is 445 g/mol. The highest BCUT2D eigenvalue weighted by Gasteiger charge is 2.26. The van der Waals surface area contributed by atoms with Crippen molar-refractivity contribution >= 4 is 28.2 Å². The van der Waals surface area contributed by atoms with Crippen LogP contribution in [-0.4, -0.2) is 63.6 Å². The Morgan fingerprint density at radius 1 is 1.27 bits per heavy atom. The summed E-state index contributed by atoms with van der Waals surface area (Å²) in [6, 6.07) is 10.2. The number of rotatable bonds is 3. The lowest BCUT2D eigenvalue weighted by atomic mass is 9.94. The topological polar surface area (TPSA) is 98.6 Å². The molecule has 0 saturated carbocycles. The minimum Gasteiger partial charge on any atom is -0.398 e. The van der Waals surface area contributed by atoms with E-state index in [1.165, 1.54) is 0 Å². The summed E-state index contributed by atoms with van der Waals surface area (Å²) in [6.45, 7) is 4.10. The fraction of sp³-hybridized carbons (Fsp3) is 0.360. The van der Waals surface area contributed by atoms with E-state index in [1.807, 2.05) is 48.6 Å². The van der Waals surface area contributed by atoms with E-state index >= 15 is 0 Å². The van der Waals surface area contributed by atoms with Crippen molar-refractivity contribution in [1.29, 1.82) is 0 Å². The predicted molar refractivity (Wildman–Crippen MR) is 129 cm³/mol. The molecule has 1 aromatic carbocycles. The molecule has 0 unspecified atom stereocenters. The van der Waals surface area contributed by atoms with E-state index in [0.29, 0.717) is 31.8 Å².